The smallest absolute Gasteiger partial charge is 0.255 e. The van der Waals surface area contributed by atoms with Crippen LogP contribution in [0.25, 0.3) is 0 Å². The number of carbonyl (C=O) groups excluding carboxylic acids is 1. The molecule has 5 nitrogen and oxygen atoms in total. The molecule has 26 heavy (non-hydrogen) atoms. The highest BCUT2D eigenvalue weighted by Crippen LogP contribution is 2.34. The zero-order valence-corrected chi connectivity index (χ0v) is 15.5. The van der Waals surface area contributed by atoms with Crippen LogP contribution in [-0.2, 0) is 0 Å². The van der Waals surface area contributed by atoms with Gasteiger partial charge in [0.25, 0.3) is 5.91 Å². The van der Waals surface area contributed by atoms with Gasteiger partial charge in [0.15, 0.2) is 11.5 Å². The third kappa shape index (κ3) is 4.02. The molecule has 1 aliphatic carbocycles. The topological polar surface area (TPSA) is 60.5 Å². The Kier molecular flexibility index (Phi) is 5.84. The summed E-state index contributed by atoms with van der Waals surface area (Å²) >= 11 is 12.0. The fraction of sp³-hybridized carbons (Fsp3) is 0.333. The maximum absolute atomic E-state index is 13.9. The third-order valence-corrected chi connectivity index (χ3v) is 4.74. The van der Waals surface area contributed by atoms with E-state index < -0.39 is 18.2 Å². The number of carbonyl (C=O) groups is 1. The minimum Gasteiger partial charge on any atom is -0.493 e. The lowest BCUT2D eigenvalue weighted by molar-refractivity contribution is 0.102. The molecule has 0 spiro atoms. The van der Waals surface area contributed by atoms with E-state index in [1.165, 1.54) is 25.6 Å². The average Bonchev–Trinajstić information content (AvgIpc) is 3.03. The van der Waals surface area contributed by atoms with E-state index in [9.17, 15) is 9.18 Å². The number of nitrogens with zero attached hydrogens (tertiary/aromatic N) is 1. The number of methoxy groups -OCH3 is 1. The summed E-state index contributed by atoms with van der Waals surface area (Å²) in [5.41, 5.74) is 0.574. The van der Waals surface area contributed by atoms with E-state index in [-0.39, 0.29) is 15.7 Å². The van der Waals surface area contributed by atoms with Gasteiger partial charge in [-0.2, -0.15) is 0 Å². The van der Waals surface area contributed by atoms with Crippen LogP contribution >= 0.6 is 23.2 Å². The molecule has 1 aromatic carbocycles. The Balaban J connectivity index is 1.83. The Morgan fingerprint density at radius 1 is 1.23 bits per heavy atom. The van der Waals surface area contributed by atoms with Crippen LogP contribution in [0.2, 0.25) is 10.0 Å². The molecular weight excluding hydrogens is 382 g/mol. The van der Waals surface area contributed by atoms with Gasteiger partial charge in [-0.05, 0) is 37.5 Å². The summed E-state index contributed by atoms with van der Waals surface area (Å²) in [6.45, 7) is 0. The Morgan fingerprint density at radius 2 is 1.96 bits per heavy atom. The van der Waals surface area contributed by atoms with E-state index in [0.717, 1.165) is 6.42 Å². The molecule has 138 valence electrons. The summed E-state index contributed by atoms with van der Waals surface area (Å²) in [5, 5.41) is 3.10. The molecule has 1 heterocycles. The highest BCUT2D eigenvalue weighted by Gasteiger charge is 2.29. The maximum Gasteiger partial charge on any atom is 0.255 e. The lowest BCUT2D eigenvalue weighted by Gasteiger charge is -2.18. The van der Waals surface area contributed by atoms with Gasteiger partial charge >= 0.3 is 0 Å². The molecule has 2 unspecified atom stereocenters. The van der Waals surface area contributed by atoms with Gasteiger partial charge in [-0.3, -0.25) is 9.78 Å². The first kappa shape index (κ1) is 18.7. The number of amides is 1. The van der Waals surface area contributed by atoms with Crippen molar-refractivity contribution in [1.82, 2.24) is 4.98 Å². The second-order valence-corrected chi connectivity index (χ2v) is 6.72. The lowest BCUT2D eigenvalue weighted by atomic mass is 10.1. The van der Waals surface area contributed by atoms with Crippen LogP contribution in [0.15, 0.2) is 30.6 Å². The third-order valence-electron chi connectivity index (χ3n) is 4.17. The summed E-state index contributed by atoms with van der Waals surface area (Å²) < 4.78 is 24.9. The van der Waals surface area contributed by atoms with Crippen molar-refractivity contribution in [2.24, 2.45) is 0 Å². The van der Waals surface area contributed by atoms with Gasteiger partial charge in [-0.1, -0.05) is 23.2 Å². The zero-order chi connectivity index (χ0) is 18.7. The molecule has 0 radical (unpaired) electrons. The van der Waals surface area contributed by atoms with Gasteiger partial charge < -0.3 is 14.8 Å². The molecule has 1 fully saturated rings. The van der Waals surface area contributed by atoms with Gasteiger partial charge in [0.05, 0.1) is 22.8 Å². The Hall–Kier alpha value is -2.05. The number of benzene rings is 1. The number of aromatic nitrogens is 1. The standard InChI is InChI=1S/C18H17Cl2FN2O3/c1-25-15-6-5-10(7-16(15)26-14-4-2-3-13(14)21)18(24)23-17-11(19)8-22-9-12(17)20/h5-9,13-14H,2-4H2,1H3,(H,22,23,24). The van der Waals surface area contributed by atoms with Crippen molar-refractivity contribution in [2.45, 2.75) is 31.5 Å². The molecule has 2 atom stereocenters. The molecule has 1 aromatic heterocycles. The van der Waals surface area contributed by atoms with Crippen LogP contribution in [0.5, 0.6) is 11.5 Å². The lowest BCUT2D eigenvalue weighted by Crippen LogP contribution is -2.23. The summed E-state index contributed by atoms with van der Waals surface area (Å²) in [6.07, 6.45) is 3.08. The van der Waals surface area contributed by atoms with E-state index in [0.29, 0.717) is 29.9 Å². The van der Waals surface area contributed by atoms with Gasteiger partial charge in [0, 0.05) is 18.0 Å². The number of anilines is 1. The summed E-state index contributed by atoms with van der Waals surface area (Å²) in [7, 11) is 1.49. The van der Waals surface area contributed by atoms with E-state index in [2.05, 4.69) is 10.3 Å². The monoisotopic (exact) mass is 398 g/mol. The van der Waals surface area contributed by atoms with Crippen molar-refractivity contribution < 1.29 is 18.7 Å². The van der Waals surface area contributed by atoms with Crippen molar-refractivity contribution in [3.63, 3.8) is 0 Å². The number of rotatable bonds is 5. The molecule has 0 aliphatic heterocycles. The zero-order valence-electron chi connectivity index (χ0n) is 14.0. The van der Waals surface area contributed by atoms with E-state index in [1.54, 1.807) is 12.1 Å². The first-order valence-electron chi connectivity index (χ1n) is 8.08. The fourth-order valence-electron chi connectivity index (χ4n) is 2.80. The first-order chi connectivity index (χ1) is 12.5. The van der Waals surface area contributed by atoms with Crippen molar-refractivity contribution in [3.05, 3.63) is 46.2 Å². The predicted molar refractivity (Wildman–Crippen MR) is 98.4 cm³/mol. The number of hydrogen-bond donors (Lipinski definition) is 1. The number of halogens is 3. The largest absolute Gasteiger partial charge is 0.493 e. The number of hydrogen-bond acceptors (Lipinski definition) is 4. The maximum atomic E-state index is 13.9. The first-order valence-corrected chi connectivity index (χ1v) is 8.84. The molecule has 2 aromatic rings. The average molecular weight is 399 g/mol. The highest BCUT2D eigenvalue weighted by atomic mass is 35.5. The number of ether oxygens (including phenoxy) is 2. The van der Waals surface area contributed by atoms with Gasteiger partial charge in [-0.25, -0.2) is 4.39 Å². The molecule has 0 bridgehead atoms. The molecular formula is C18H17Cl2FN2O3. The van der Waals surface area contributed by atoms with Crippen LogP contribution in [0.1, 0.15) is 29.6 Å². The van der Waals surface area contributed by atoms with E-state index >= 15 is 0 Å². The highest BCUT2D eigenvalue weighted by molar-refractivity contribution is 6.39. The number of pyridine rings is 1. The van der Waals surface area contributed by atoms with Crippen molar-refractivity contribution in [2.75, 3.05) is 12.4 Å². The Labute approximate surface area is 160 Å². The molecule has 0 saturated heterocycles. The molecule has 3 rings (SSSR count). The number of nitrogens with one attached hydrogen (secondary N) is 1. The van der Waals surface area contributed by atoms with Crippen LogP contribution in [-0.4, -0.2) is 30.3 Å². The molecule has 1 amide bonds. The summed E-state index contributed by atoms with van der Waals surface area (Å²) in [4.78, 5) is 16.4. The second-order valence-electron chi connectivity index (χ2n) is 5.90. The second kappa shape index (κ2) is 8.10. The Morgan fingerprint density at radius 3 is 2.58 bits per heavy atom. The molecule has 1 N–H and O–H groups in total. The van der Waals surface area contributed by atoms with Crippen molar-refractivity contribution in [3.8, 4) is 11.5 Å². The van der Waals surface area contributed by atoms with Gasteiger partial charge in [-0.15, -0.1) is 0 Å². The van der Waals surface area contributed by atoms with E-state index in [1.807, 2.05) is 0 Å². The molecule has 1 saturated carbocycles. The summed E-state index contributed by atoms with van der Waals surface area (Å²) in [5.74, 6) is 0.318. The minimum absolute atomic E-state index is 0.224. The van der Waals surface area contributed by atoms with Crippen LogP contribution in [0.4, 0.5) is 10.1 Å². The van der Waals surface area contributed by atoms with Crippen molar-refractivity contribution >= 4 is 34.8 Å². The Bertz CT molecular complexity index is 799. The van der Waals surface area contributed by atoms with Crippen LogP contribution in [0, 0.1) is 0 Å². The summed E-state index contributed by atoms with van der Waals surface area (Å²) in [6, 6.07) is 4.69. The fourth-order valence-corrected chi connectivity index (χ4v) is 3.26. The van der Waals surface area contributed by atoms with Crippen LogP contribution < -0.4 is 14.8 Å². The SMILES string of the molecule is COc1ccc(C(=O)Nc2c(Cl)cncc2Cl)cc1OC1CCCC1F. The predicted octanol–water partition coefficient (Wildman–Crippen LogP) is 4.92. The van der Waals surface area contributed by atoms with Crippen molar-refractivity contribution in [1.29, 1.82) is 0 Å². The minimum atomic E-state index is -1.02. The molecule has 1 aliphatic rings. The van der Waals surface area contributed by atoms with Gasteiger partial charge in [0.1, 0.15) is 12.3 Å². The van der Waals surface area contributed by atoms with Crippen LogP contribution in [0.3, 0.4) is 0 Å². The number of alkyl halides is 1. The quantitative estimate of drug-likeness (QED) is 0.776. The normalized spacial score (nSPS) is 19.2. The molecule has 8 heteroatoms. The van der Waals surface area contributed by atoms with Gasteiger partial charge in [0.2, 0.25) is 0 Å². The van der Waals surface area contributed by atoms with E-state index in [4.69, 9.17) is 32.7 Å².